The van der Waals surface area contributed by atoms with Crippen LogP contribution in [0.3, 0.4) is 0 Å². The molecular weight excluding hydrogens is 283 g/mol. The Hall–Kier alpha value is -0.330. The van der Waals surface area contributed by atoms with E-state index >= 15 is 0 Å². The van der Waals surface area contributed by atoms with Gasteiger partial charge in [-0.05, 0) is 12.8 Å². The van der Waals surface area contributed by atoms with Crippen molar-refractivity contribution >= 4 is 34.4 Å². The van der Waals surface area contributed by atoms with Gasteiger partial charge in [-0.2, -0.15) is 0 Å². The first-order valence-electron chi connectivity index (χ1n) is 4.21. The maximum absolute atomic E-state index is 11.4. The van der Waals surface area contributed by atoms with Crippen molar-refractivity contribution in [2.75, 3.05) is 11.0 Å². The maximum atomic E-state index is 11.4. The summed E-state index contributed by atoms with van der Waals surface area (Å²) in [5, 5.41) is 0. The number of carbonyl (C=O) groups is 2. The highest BCUT2D eigenvalue weighted by Crippen LogP contribution is 2.21. The van der Waals surface area contributed by atoms with Crippen molar-refractivity contribution in [1.29, 1.82) is 0 Å². The van der Waals surface area contributed by atoms with Crippen molar-refractivity contribution in [1.82, 2.24) is 4.90 Å². The van der Waals surface area contributed by atoms with Gasteiger partial charge in [0.25, 0.3) is 0 Å². The van der Waals surface area contributed by atoms with E-state index in [1.54, 1.807) is 11.8 Å². The van der Waals surface area contributed by atoms with Gasteiger partial charge in [0.1, 0.15) is 6.04 Å². The van der Waals surface area contributed by atoms with Gasteiger partial charge >= 0.3 is 0 Å². The highest BCUT2D eigenvalue weighted by Gasteiger charge is 2.33. The largest absolute Gasteiger partial charge is 0.368 e. The summed E-state index contributed by atoms with van der Waals surface area (Å²) in [6, 6.07) is -0.458. The number of rotatable bonds is 3. The standard InChI is InChI=1S/C8H13IN2O2/c1-5(8(10)13)11-4-6(3-9)2-7(11)12/h5-6H,2-4H2,1H3,(H2,10,13)/t5-,6-/m0/s1. The minimum absolute atomic E-state index is 0.0490. The SMILES string of the molecule is C[C@@H](C(N)=O)N1C[C@H](CI)CC1=O. The Bertz CT molecular complexity index is 232. The lowest BCUT2D eigenvalue weighted by molar-refractivity contribution is -0.135. The molecule has 0 radical (unpaired) electrons. The zero-order valence-electron chi connectivity index (χ0n) is 7.50. The minimum Gasteiger partial charge on any atom is -0.368 e. The lowest BCUT2D eigenvalue weighted by Crippen LogP contribution is -2.43. The van der Waals surface area contributed by atoms with Crippen molar-refractivity contribution in [3.05, 3.63) is 0 Å². The molecule has 0 bridgehead atoms. The number of nitrogens with two attached hydrogens (primary N) is 1. The zero-order valence-corrected chi connectivity index (χ0v) is 9.65. The van der Waals surface area contributed by atoms with E-state index in [2.05, 4.69) is 22.6 Å². The number of likely N-dealkylation sites (tertiary alicyclic amines) is 1. The number of nitrogens with zero attached hydrogens (tertiary/aromatic N) is 1. The summed E-state index contributed by atoms with van der Waals surface area (Å²) in [7, 11) is 0. The molecule has 74 valence electrons. The van der Waals surface area contributed by atoms with Crippen LogP contribution in [0.1, 0.15) is 13.3 Å². The second-order valence-electron chi connectivity index (χ2n) is 3.35. The quantitative estimate of drug-likeness (QED) is 0.595. The molecule has 1 fully saturated rings. The monoisotopic (exact) mass is 296 g/mol. The van der Waals surface area contributed by atoms with Crippen LogP contribution in [-0.4, -0.2) is 33.7 Å². The molecule has 0 spiro atoms. The summed E-state index contributed by atoms with van der Waals surface area (Å²) in [4.78, 5) is 23.8. The number of carbonyl (C=O) groups excluding carboxylic acids is 2. The van der Waals surface area contributed by atoms with Crippen LogP contribution >= 0.6 is 22.6 Å². The second kappa shape index (κ2) is 4.26. The Morgan fingerprint density at radius 2 is 2.46 bits per heavy atom. The van der Waals surface area contributed by atoms with E-state index in [4.69, 9.17) is 5.73 Å². The predicted octanol–water partition coefficient (Wildman–Crippen LogP) is 0.144. The molecule has 0 aromatic rings. The van der Waals surface area contributed by atoms with Gasteiger partial charge in [0.2, 0.25) is 11.8 Å². The van der Waals surface area contributed by atoms with Crippen molar-refractivity contribution in [2.45, 2.75) is 19.4 Å². The fraction of sp³-hybridized carbons (Fsp3) is 0.750. The van der Waals surface area contributed by atoms with E-state index in [-0.39, 0.29) is 5.91 Å². The summed E-state index contributed by atoms with van der Waals surface area (Å²) >= 11 is 2.26. The van der Waals surface area contributed by atoms with Crippen LogP contribution in [0.2, 0.25) is 0 Å². The first kappa shape index (κ1) is 10.7. The Morgan fingerprint density at radius 1 is 1.85 bits per heavy atom. The van der Waals surface area contributed by atoms with Crippen LogP contribution in [0.15, 0.2) is 0 Å². The average Bonchev–Trinajstić information content (AvgIpc) is 2.45. The third-order valence-corrected chi connectivity index (χ3v) is 3.58. The molecule has 5 heteroatoms. The Kier molecular flexibility index (Phi) is 3.52. The van der Waals surface area contributed by atoms with Gasteiger partial charge in [0.15, 0.2) is 0 Å². The predicted molar refractivity (Wildman–Crippen MR) is 57.4 cm³/mol. The number of hydrogen-bond acceptors (Lipinski definition) is 2. The summed E-state index contributed by atoms with van der Waals surface area (Å²) in [6.07, 6.45) is 0.556. The van der Waals surface area contributed by atoms with E-state index in [0.29, 0.717) is 18.9 Å². The molecule has 1 aliphatic rings. The van der Waals surface area contributed by atoms with Gasteiger partial charge in [-0.1, -0.05) is 22.6 Å². The van der Waals surface area contributed by atoms with Crippen molar-refractivity contribution in [3.63, 3.8) is 0 Å². The average molecular weight is 296 g/mol. The van der Waals surface area contributed by atoms with Crippen molar-refractivity contribution < 1.29 is 9.59 Å². The highest BCUT2D eigenvalue weighted by molar-refractivity contribution is 14.1. The Morgan fingerprint density at radius 3 is 2.85 bits per heavy atom. The summed E-state index contributed by atoms with van der Waals surface area (Å²) < 4.78 is 0.950. The van der Waals surface area contributed by atoms with E-state index in [0.717, 1.165) is 4.43 Å². The number of alkyl halides is 1. The first-order chi connectivity index (χ1) is 6.06. The van der Waals surface area contributed by atoms with Gasteiger partial charge in [0, 0.05) is 17.4 Å². The van der Waals surface area contributed by atoms with Gasteiger partial charge in [-0.15, -0.1) is 0 Å². The van der Waals surface area contributed by atoms with Crippen LogP contribution in [0.5, 0.6) is 0 Å². The molecule has 2 amide bonds. The van der Waals surface area contributed by atoms with Gasteiger partial charge in [-0.25, -0.2) is 0 Å². The third kappa shape index (κ3) is 2.32. The van der Waals surface area contributed by atoms with Crippen LogP contribution in [-0.2, 0) is 9.59 Å². The third-order valence-electron chi connectivity index (χ3n) is 2.34. The molecule has 0 aromatic heterocycles. The van der Waals surface area contributed by atoms with E-state index in [1.807, 2.05) is 0 Å². The molecule has 1 aliphatic heterocycles. The summed E-state index contributed by atoms with van der Waals surface area (Å²) in [5.41, 5.74) is 5.13. The molecule has 13 heavy (non-hydrogen) atoms. The Balaban J connectivity index is 2.62. The fourth-order valence-electron chi connectivity index (χ4n) is 1.44. The van der Waals surface area contributed by atoms with Crippen molar-refractivity contribution in [3.8, 4) is 0 Å². The molecule has 4 nitrogen and oxygen atoms in total. The highest BCUT2D eigenvalue weighted by atomic mass is 127. The number of halogens is 1. The molecule has 1 rings (SSSR count). The van der Waals surface area contributed by atoms with Crippen LogP contribution in [0.25, 0.3) is 0 Å². The number of hydrogen-bond donors (Lipinski definition) is 1. The molecule has 0 saturated carbocycles. The van der Waals surface area contributed by atoms with Gasteiger partial charge in [-0.3, -0.25) is 9.59 Å². The van der Waals surface area contributed by atoms with Crippen molar-refractivity contribution in [2.24, 2.45) is 11.7 Å². The van der Waals surface area contributed by atoms with Gasteiger partial charge in [0.05, 0.1) is 0 Å². The van der Waals surface area contributed by atoms with E-state index in [9.17, 15) is 9.59 Å². The molecule has 1 saturated heterocycles. The summed E-state index contributed by atoms with van der Waals surface area (Å²) in [5.74, 6) is 0.00493. The lowest BCUT2D eigenvalue weighted by Gasteiger charge is -2.21. The van der Waals surface area contributed by atoms with E-state index in [1.165, 1.54) is 0 Å². The van der Waals surface area contributed by atoms with Crippen LogP contribution in [0.4, 0.5) is 0 Å². The zero-order chi connectivity index (χ0) is 10.0. The van der Waals surface area contributed by atoms with Gasteiger partial charge < -0.3 is 10.6 Å². The molecule has 1 heterocycles. The van der Waals surface area contributed by atoms with Crippen LogP contribution < -0.4 is 5.73 Å². The topological polar surface area (TPSA) is 63.4 Å². The minimum atomic E-state index is -0.458. The molecule has 2 atom stereocenters. The Labute approximate surface area is 91.0 Å². The molecule has 2 N–H and O–H groups in total. The molecule has 0 aromatic carbocycles. The second-order valence-corrected chi connectivity index (χ2v) is 4.23. The number of amides is 2. The molecular formula is C8H13IN2O2. The lowest BCUT2D eigenvalue weighted by atomic mass is 10.2. The molecule has 0 aliphatic carbocycles. The summed E-state index contributed by atoms with van der Waals surface area (Å²) in [6.45, 7) is 2.35. The number of primary amides is 1. The maximum Gasteiger partial charge on any atom is 0.239 e. The smallest absolute Gasteiger partial charge is 0.239 e. The fourth-order valence-corrected chi connectivity index (χ4v) is 2.03. The molecule has 0 unspecified atom stereocenters. The van der Waals surface area contributed by atoms with Crippen LogP contribution in [0, 0.1) is 5.92 Å². The first-order valence-corrected chi connectivity index (χ1v) is 5.73. The normalized spacial score (nSPS) is 24.9. The van der Waals surface area contributed by atoms with E-state index < -0.39 is 11.9 Å².